The van der Waals surface area contributed by atoms with Crippen LogP contribution in [0.25, 0.3) is 0 Å². The third-order valence-corrected chi connectivity index (χ3v) is 3.26. The molecule has 2 aromatic rings. The van der Waals surface area contributed by atoms with Crippen molar-refractivity contribution < 1.29 is 9.13 Å². The lowest BCUT2D eigenvalue weighted by Gasteiger charge is -2.26. The van der Waals surface area contributed by atoms with E-state index in [1.807, 2.05) is 36.1 Å². The van der Waals surface area contributed by atoms with Crippen molar-refractivity contribution in [2.24, 2.45) is 5.73 Å². The molecule has 0 saturated carbocycles. The molecule has 0 aromatic heterocycles. The number of halogens is 1. The number of ether oxygens (including phenoxy) is 1. The normalized spacial score (nSPS) is 10.4. The monoisotopic (exact) mass is 274 g/mol. The van der Waals surface area contributed by atoms with Crippen LogP contribution in [0.15, 0.2) is 42.5 Å². The van der Waals surface area contributed by atoms with Crippen LogP contribution < -0.4 is 15.4 Å². The van der Waals surface area contributed by atoms with Gasteiger partial charge in [0, 0.05) is 24.8 Å². The third kappa shape index (κ3) is 2.75. The summed E-state index contributed by atoms with van der Waals surface area (Å²) in [6.07, 6.45) is 0. The molecule has 0 aliphatic carbocycles. The average Bonchev–Trinajstić information content (AvgIpc) is 2.49. The number of nitrogens with two attached hydrogens (primary N) is 1. The van der Waals surface area contributed by atoms with Crippen LogP contribution in [0.3, 0.4) is 0 Å². The second kappa shape index (κ2) is 6.39. The molecule has 2 aromatic carbocycles. The molecule has 4 heteroatoms. The number of anilines is 2. The molecule has 0 fully saturated rings. The molecule has 0 unspecified atom stereocenters. The van der Waals surface area contributed by atoms with Crippen molar-refractivity contribution in [3.8, 4) is 5.75 Å². The first-order valence-electron chi connectivity index (χ1n) is 6.60. The number of nitrogens with zero attached hydrogens (tertiary/aromatic N) is 1. The van der Waals surface area contributed by atoms with Gasteiger partial charge in [0.05, 0.1) is 12.8 Å². The molecule has 0 aliphatic heterocycles. The summed E-state index contributed by atoms with van der Waals surface area (Å²) in [5.74, 6) is 0.479. The molecule has 2 N–H and O–H groups in total. The molecule has 0 aliphatic rings. The average molecular weight is 274 g/mol. The fraction of sp³-hybridized carbons (Fsp3) is 0.250. The molecule has 20 heavy (non-hydrogen) atoms. The van der Waals surface area contributed by atoms with E-state index in [4.69, 9.17) is 10.5 Å². The fourth-order valence-corrected chi connectivity index (χ4v) is 2.24. The van der Waals surface area contributed by atoms with Gasteiger partial charge >= 0.3 is 0 Å². The summed E-state index contributed by atoms with van der Waals surface area (Å²) in [4.78, 5) is 1.90. The zero-order valence-electron chi connectivity index (χ0n) is 11.8. The first-order valence-corrected chi connectivity index (χ1v) is 6.60. The van der Waals surface area contributed by atoms with Crippen molar-refractivity contribution in [2.45, 2.75) is 13.5 Å². The molecule has 3 nitrogen and oxygen atoms in total. The highest BCUT2D eigenvalue weighted by Gasteiger charge is 2.15. The van der Waals surface area contributed by atoms with Crippen molar-refractivity contribution >= 4 is 11.4 Å². The predicted octanol–water partition coefficient (Wildman–Crippen LogP) is 3.45. The Morgan fingerprint density at radius 1 is 1.15 bits per heavy atom. The molecule has 106 valence electrons. The minimum absolute atomic E-state index is 0.250. The molecular weight excluding hydrogens is 255 g/mol. The summed E-state index contributed by atoms with van der Waals surface area (Å²) in [5, 5.41) is 0. The van der Waals surface area contributed by atoms with Crippen molar-refractivity contribution in [1.29, 1.82) is 0 Å². The Kier molecular flexibility index (Phi) is 4.58. The molecule has 0 spiro atoms. The molecule has 0 atom stereocenters. The molecule has 0 amide bonds. The molecule has 0 heterocycles. The molecule has 0 bridgehead atoms. The van der Waals surface area contributed by atoms with Crippen molar-refractivity contribution in [3.05, 3.63) is 53.8 Å². The summed E-state index contributed by atoms with van der Waals surface area (Å²) in [6.45, 7) is 3.01. The minimum atomic E-state index is -0.250. The number of rotatable bonds is 5. The van der Waals surface area contributed by atoms with Crippen molar-refractivity contribution in [3.63, 3.8) is 0 Å². The van der Waals surface area contributed by atoms with Crippen LogP contribution in [-0.4, -0.2) is 13.7 Å². The van der Waals surface area contributed by atoms with E-state index in [0.717, 1.165) is 17.0 Å². The van der Waals surface area contributed by atoms with Gasteiger partial charge in [-0.05, 0) is 30.7 Å². The second-order valence-electron chi connectivity index (χ2n) is 4.39. The number of para-hydroxylation sites is 1. The molecule has 0 saturated heterocycles. The van der Waals surface area contributed by atoms with Gasteiger partial charge in [0.15, 0.2) is 0 Å². The van der Waals surface area contributed by atoms with Gasteiger partial charge in [-0.2, -0.15) is 0 Å². The van der Waals surface area contributed by atoms with E-state index in [1.165, 1.54) is 6.07 Å². The smallest absolute Gasteiger partial charge is 0.146 e. The first-order chi connectivity index (χ1) is 9.71. The van der Waals surface area contributed by atoms with E-state index in [1.54, 1.807) is 19.2 Å². The van der Waals surface area contributed by atoms with Crippen LogP contribution in [0.1, 0.15) is 12.5 Å². The minimum Gasteiger partial charge on any atom is -0.497 e. The number of methoxy groups -OCH3 is 1. The zero-order chi connectivity index (χ0) is 14.5. The van der Waals surface area contributed by atoms with Crippen LogP contribution in [0.2, 0.25) is 0 Å². The number of hydrogen-bond donors (Lipinski definition) is 1. The molecule has 2 rings (SSSR count). The maximum atomic E-state index is 14.0. The highest BCUT2D eigenvalue weighted by Crippen LogP contribution is 2.32. The highest BCUT2D eigenvalue weighted by atomic mass is 19.1. The Hall–Kier alpha value is -2.07. The fourth-order valence-electron chi connectivity index (χ4n) is 2.24. The maximum absolute atomic E-state index is 14.0. The first kappa shape index (κ1) is 14.3. The van der Waals surface area contributed by atoms with Gasteiger partial charge in [-0.15, -0.1) is 0 Å². The summed E-state index contributed by atoms with van der Waals surface area (Å²) >= 11 is 0. The van der Waals surface area contributed by atoms with Gasteiger partial charge in [-0.3, -0.25) is 0 Å². The lowest BCUT2D eigenvalue weighted by molar-refractivity contribution is 0.414. The number of benzene rings is 2. The standard InChI is InChI=1S/C16H19FN2O/c1-3-19(15-7-5-4-6-14(15)17)16-10-13(20-2)9-8-12(16)11-18/h4-10H,3,11,18H2,1-2H3. The van der Waals surface area contributed by atoms with E-state index in [9.17, 15) is 4.39 Å². The van der Waals surface area contributed by atoms with E-state index in [2.05, 4.69) is 0 Å². The van der Waals surface area contributed by atoms with Crippen LogP contribution in [0.4, 0.5) is 15.8 Å². The third-order valence-electron chi connectivity index (χ3n) is 3.26. The Morgan fingerprint density at radius 2 is 1.90 bits per heavy atom. The van der Waals surface area contributed by atoms with E-state index in [-0.39, 0.29) is 5.82 Å². The molecular formula is C16H19FN2O. The van der Waals surface area contributed by atoms with Gasteiger partial charge in [-0.25, -0.2) is 4.39 Å². The Bertz CT molecular complexity index is 586. The van der Waals surface area contributed by atoms with Gasteiger partial charge in [0.2, 0.25) is 0 Å². The quantitative estimate of drug-likeness (QED) is 0.907. The zero-order valence-corrected chi connectivity index (χ0v) is 11.8. The predicted molar refractivity (Wildman–Crippen MR) is 80.0 cm³/mol. The van der Waals surface area contributed by atoms with E-state index < -0.39 is 0 Å². The summed E-state index contributed by atoms with van der Waals surface area (Å²) < 4.78 is 19.3. The van der Waals surface area contributed by atoms with Crippen molar-refractivity contribution in [1.82, 2.24) is 0 Å². The van der Waals surface area contributed by atoms with Gasteiger partial charge < -0.3 is 15.4 Å². The highest BCUT2D eigenvalue weighted by molar-refractivity contribution is 5.68. The maximum Gasteiger partial charge on any atom is 0.146 e. The topological polar surface area (TPSA) is 38.5 Å². The molecule has 0 radical (unpaired) electrons. The number of hydrogen-bond acceptors (Lipinski definition) is 3. The Morgan fingerprint density at radius 3 is 2.50 bits per heavy atom. The van der Waals surface area contributed by atoms with E-state index >= 15 is 0 Å². The van der Waals surface area contributed by atoms with Crippen molar-refractivity contribution in [2.75, 3.05) is 18.6 Å². The van der Waals surface area contributed by atoms with E-state index in [0.29, 0.717) is 18.8 Å². The Labute approximate surface area is 118 Å². The lowest BCUT2D eigenvalue weighted by Crippen LogP contribution is -2.20. The lowest BCUT2D eigenvalue weighted by atomic mass is 10.1. The van der Waals surface area contributed by atoms with Crippen LogP contribution in [0, 0.1) is 5.82 Å². The van der Waals surface area contributed by atoms with Crippen LogP contribution in [-0.2, 0) is 6.54 Å². The Balaban J connectivity index is 2.54. The summed E-state index contributed by atoms with van der Waals surface area (Å²) in [7, 11) is 1.61. The SMILES string of the molecule is CCN(c1ccccc1F)c1cc(OC)ccc1CN. The van der Waals surface area contributed by atoms with Gasteiger partial charge in [0.1, 0.15) is 11.6 Å². The van der Waals surface area contributed by atoms with Gasteiger partial charge in [-0.1, -0.05) is 18.2 Å². The largest absolute Gasteiger partial charge is 0.497 e. The summed E-state index contributed by atoms with van der Waals surface area (Å²) in [5.41, 5.74) is 8.16. The van der Waals surface area contributed by atoms with Gasteiger partial charge in [0.25, 0.3) is 0 Å². The summed E-state index contributed by atoms with van der Waals surface area (Å²) in [6, 6.07) is 12.4. The van der Waals surface area contributed by atoms with Crippen LogP contribution >= 0.6 is 0 Å². The van der Waals surface area contributed by atoms with Crippen LogP contribution in [0.5, 0.6) is 5.75 Å². The second-order valence-corrected chi connectivity index (χ2v) is 4.39.